The van der Waals surface area contributed by atoms with Crippen LogP contribution < -0.4 is 4.72 Å². The number of alkyl halides is 6. The second-order valence-electron chi connectivity index (χ2n) is 4.51. The van der Waals surface area contributed by atoms with Crippen LogP contribution in [0.2, 0.25) is 4.34 Å². The van der Waals surface area contributed by atoms with Crippen LogP contribution in [0.15, 0.2) is 16.3 Å². The quantitative estimate of drug-likeness (QED) is 0.739. The molecule has 0 bridgehead atoms. The highest BCUT2D eigenvalue weighted by Gasteiger charge is 2.61. The van der Waals surface area contributed by atoms with E-state index >= 15 is 0 Å². The van der Waals surface area contributed by atoms with Crippen LogP contribution in [0.25, 0.3) is 0 Å². The molecule has 2 atom stereocenters. The Labute approximate surface area is 136 Å². The van der Waals surface area contributed by atoms with Crippen LogP contribution in [0.4, 0.5) is 26.3 Å². The van der Waals surface area contributed by atoms with E-state index in [9.17, 15) is 39.9 Å². The number of aliphatic hydroxyl groups is 1. The molecule has 0 amide bonds. The Bertz CT molecular complexity index is 626. The maximum absolute atomic E-state index is 12.7. The van der Waals surface area contributed by atoms with Gasteiger partial charge in [-0.1, -0.05) is 11.6 Å². The average molecular weight is 406 g/mol. The van der Waals surface area contributed by atoms with Gasteiger partial charge in [0.2, 0.25) is 10.0 Å². The lowest BCUT2D eigenvalue weighted by atomic mass is 9.95. The van der Waals surface area contributed by atoms with Crippen molar-refractivity contribution in [2.75, 3.05) is 0 Å². The molecule has 0 aliphatic carbocycles. The minimum absolute atomic E-state index is 0.0258. The summed E-state index contributed by atoms with van der Waals surface area (Å²) in [5.74, 6) is -4.07. The largest absolute Gasteiger partial charge is 0.402 e. The third-order valence-electron chi connectivity index (χ3n) is 2.69. The van der Waals surface area contributed by atoms with Crippen molar-refractivity contribution in [1.29, 1.82) is 0 Å². The molecule has 0 aliphatic rings. The number of hydrogen-bond donors (Lipinski definition) is 2. The monoisotopic (exact) mass is 405 g/mol. The Hall–Kier alpha value is -0.560. The molecular formula is C10H10ClF6NO3S2. The van der Waals surface area contributed by atoms with E-state index < -0.39 is 44.6 Å². The van der Waals surface area contributed by atoms with Gasteiger partial charge in [0.1, 0.15) is 4.21 Å². The maximum atomic E-state index is 12.7. The average Bonchev–Trinajstić information content (AvgIpc) is 2.71. The van der Waals surface area contributed by atoms with Crippen molar-refractivity contribution < 1.29 is 39.9 Å². The molecule has 1 aromatic rings. The molecule has 0 spiro atoms. The molecule has 0 saturated carbocycles. The van der Waals surface area contributed by atoms with Gasteiger partial charge >= 0.3 is 12.4 Å². The van der Waals surface area contributed by atoms with E-state index in [1.807, 2.05) is 0 Å². The number of hydrogen-bond acceptors (Lipinski definition) is 4. The normalized spacial score (nSPS) is 16.6. The standard InChI is InChI=1S/C10H10ClF6NO3S2/c1-4(19)7(8(9(12,13)14)10(15,16)17)18-23(20,21)6-3-2-5(11)22-6/h2-4,7-8,18-19H,1H3/t4-,7-/m1/s1. The summed E-state index contributed by atoms with van der Waals surface area (Å²) in [6.45, 7) is 0.624. The Morgan fingerprint density at radius 2 is 1.65 bits per heavy atom. The van der Waals surface area contributed by atoms with Crippen molar-refractivity contribution in [1.82, 2.24) is 4.72 Å². The van der Waals surface area contributed by atoms with E-state index in [0.29, 0.717) is 18.3 Å². The highest BCUT2D eigenvalue weighted by Crippen LogP contribution is 2.42. The van der Waals surface area contributed by atoms with Gasteiger partial charge in [-0.15, -0.1) is 11.3 Å². The first kappa shape index (κ1) is 20.5. The Morgan fingerprint density at radius 3 is 1.96 bits per heavy atom. The zero-order valence-corrected chi connectivity index (χ0v) is 13.5. The summed E-state index contributed by atoms with van der Waals surface area (Å²) in [4.78, 5) is 0. The molecule has 4 nitrogen and oxygen atoms in total. The molecule has 0 saturated heterocycles. The second kappa shape index (κ2) is 6.75. The van der Waals surface area contributed by atoms with Crippen LogP contribution in [-0.4, -0.2) is 38.0 Å². The van der Waals surface area contributed by atoms with E-state index in [4.69, 9.17) is 11.6 Å². The molecule has 0 radical (unpaired) electrons. The lowest BCUT2D eigenvalue weighted by Gasteiger charge is -2.32. The van der Waals surface area contributed by atoms with Crippen molar-refractivity contribution >= 4 is 33.0 Å². The molecule has 1 heterocycles. The van der Waals surface area contributed by atoms with Gasteiger partial charge in [-0.2, -0.15) is 26.3 Å². The molecule has 2 N–H and O–H groups in total. The van der Waals surface area contributed by atoms with Crippen LogP contribution in [-0.2, 0) is 10.0 Å². The molecule has 1 rings (SSSR count). The van der Waals surface area contributed by atoms with E-state index in [1.165, 1.54) is 4.72 Å². The number of sulfonamides is 1. The predicted octanol–water partition coefficient (Wildman–Crippen LogP) is 3.17. The lowest BCUT2D eigenvalue weighted by Crippen LogP contribution is -2.56. The number of rotatable bonds is 5. The maximum Gasteiger partial charge on any atom is 0.402 e. The van der Waals surface area contributed by atoms with Gasteiger partial charge in [-0.25, -0.2) is 13.1 Å². The summed E-state index contributed by atoms with van der Waals surface area (Å²) in [5, 5.41) is 9.28. The van der Waals surface area contributed by atoms with Crippen molar-refractivity contribution in [2.24, 2.45) is 5.92 Å². The van der Waals surface area contributed by atoms with Gasteiger partial charge < -0.3 is 5.11 Å². The smallest absolute Gasteiger partial charge is 0.392 e. The topological polar surface area (TPSA) is 66.4 Å². The summed E-state index contributed by atoms with van der Waals surface area (Å²) in [5.41, 5.74) is 0. The molecule has 13 heteroatoms. The number of aliphatic hydroxyl groups excluding tert-OH is 1. The second-order valence-corrected chi connectivity index (χ2v) is 8.16. The fourth-order valence-corrected chi connectivity index (χ4v) is 4.54. The van der Waals surface area contributed by atoms with Gasteiger partial charge in [0.25, 0.3) is 0 Å². The first-order chi connectivity index (χ1) is 10.2. The van der Waals surface area contributed by atoms with Gasteiger partial charge in [-0.05, 0) is 19.1 Å². The van der Waals surface area contributed by atoms with Gasteiger partial charge in [-0.3, -0.25) is 0 Å². The van der Waals surface area contributed by atoms with Gasteiger partial charge in [0.05, 0.1) is 16.5 Å². The minimum Gasteiger partial charge on any atom is -0.392 e. The summed E-state index contributed by atoms with van der Waals surface area (Å²) >= 11 is 5.94. The van der Waals surface area contributed by atoms with Crippen LogP contribution in [0.3, 0.4) is 0 Å². The summed E-state index contributed by atoms with van der Waals surface area (Å²) in [6.07, 6.45) is -13.9. The van der Waals surface area contributed by atoms with Crippen molar-refractivity contribution in [3.63, 3.8) is 0 Å². The van der Waals surface area contributed by atoms with Gasteiger partial charge in [0, 0.05) is 0 Å². The Morgan fingerprint density at radius 1 is 1.17 bits per heavy atom. The molecule has 0 fully saturated rings. The molecule has 0 aliphatic heterocycles. The molecule has 0 unspecified atom stereocenters. The molecule has 134 valence electrons. The first-order valence-electron chi connectivity index (χ1n) is 5.75. The summed E-state index contributed by atoms with van der Waals surface area (Å²) in [7, 11) is -4.73. The van der Waals surface area contributed by atoms with Crippen LogP contribution >= 0.6 is 22.9 Å². The molecule has 23 heavy (non-hydrogen) atoms. The zero-order chi connectivity index (χ0) is 18.2. The summed E-state index contributed by atoms with van der Waals surface area (Å²) < 4.78 is 101. The van der Waals surface area contributed by atoms with Crippen LogP contribution in [0.1, 0.15) is 6.92 Å². The number of halogens is 7. The first-order valence-corrected chi connectivity index (χ1v) is 8.43. The fourth-order valence-electron chi connectivity index (χ4n) is 1.72. The van der Waals surface area contributed by atoms with Crippen molar-refractivity contribution in [3.05, 3.63) is 16.5 Å². The zero-order valence-electron chi connectivity index (χ0n) is 11.1. The number of thiophene rings is 1. The fraction of sp³-hybridized carbons (Fsp3) is 0.600. The SMILES string of the molecule is C[C@@H](O)[C@@H](NS(=O)(=O)c1ccc(Cl)s1)C(C(F)(F)F)C(F)(F)F. The van der Waals surface area contributed by atoms with E-state index in [1.54, 1.807) is 0 Å². The summed E-state index contributed by atoms with van der Waals surface area (Å²) in [6, 6.07) is -0.811. The Kier molecular flexibility index (Phi) is 6.01. The Balaban J connectivity index is 3.26. The van der Waals surface area contributed by atoms with Crippen LogP contribution in [0, 0.1) is 5.92 Å². The van der Waals surface area contributed by atoms with Crippen molar-refractivity contribution in [3.8, 4) is 0 Å². The highest BCUT2D eigenvalue weighted by atomic mass is 35.5. The van der Waals surface area contributed by atoms with Crippen LogP contribution in [0.5, 0.6) is 0 Å². The van der Waals surface area contributed by atoms with E-state index in [0.717, 1.165) is 12.1 Å². The molecular weight excluding hydrogens is 396 g/mol. The van der Waals surface area contributed by atoms with E-state index in [2.05, 4.69) is 0 Å². The minimum atomic E-state index is -5.81. The number of nitrogens with one attached hydrogen (secondary N) is 1. The third kappa shape index (κ3) is 5.21. The van der Waals surface area contributed by atoms with E-state index in [-0.39, 0.29) is 4.34 Å². The van der Waals surface area contributed by atoms with Gasteiger partial charge in [0.15, 0.2) is 5.92 Å². The lowest BCUT2D eigenvalue weighted by molar-refractivity contribution is -0.295. The predicted molar refractivity (Wildman–Crippen MR) is 70.7 cm³/mol. The third-order valence-corrected chi connectivity index (χ3v) is 5.87. The molecule has 0 aromatic carbocycles. The highest BCUT2D eigenvalue weighted by molar-refractivity contribution is 7.91. The van der Waals surface area contributed by atoms with Crippen molar-refractivity contribution in [2.45, 2.75) is 35.6 Å². The molecule has 1 aromatic heterocycles.